The molecule has 5 rings (SSSR count). The van der Waals surface area contributed by atoms with Gasteiger partial charge in [0.1, 0.15) is 17.5 Å². The summed E-state index contributed by atoms with van der Waals surface area (Å²) in [6, 6.07) is 9.35. The molecular formula is C30H35N9O3. The number of anilines is 2. The minimum Gasteiger partial charge on any atom is -0.474 e. The Morgan fingerprint density at radius 2 is 1.86 bits per heavy atom. The molecule has 2 amide bonds. The maximum atomic E-state index is 13.0. The predicted octanol–water partition coefficient (Wildman–Crippen LogP) is 3.46. The molecular weight excluding hydrogens is 534 g/mol. The molecule has 42 heavy (non-hydrogen) atoms. The fourth-order valence-electron chi connectivity index (χ4n) is 5.86. The number of allylic oxidation sites excluding steroid dienone is 1. The number of hydrogen-bond donors (Lipinski definition) is 6. The third-order valence-electron chi connectivity index (χ3n) is 8.02. The van der Waals surface area contributed by atoms with E-state index < -0.39 is 5.91 Å². The van der Waals surface area contributed by atoms with Crippen molar-refractivity contribution in [3.05, 3.63) is 65.1 Å². The SMILES string of the molecule is CNc1nc(O[C@H]2CC3(C[C@H](NC(=O)/C(C=N)=C(\C)Nc4ccc(-c5cnn(C)c5)cc4)C3)C2)c(C(N)=O)cc1C=N. The van der Waals surface area contributed by atoms with E-state index in [1.54, 1.807) is 24.9 Å². The number of hydrogen-bond acceptors (Lipinski definition) is 9. The highest BCUT2D eigenvalue weighted by Crippen LogP contribution is 2.56. The molecule has 2 saturated carbocycles. The van der Waals surface area contributed by atoms with Crippen LogP contribution in [0, 0.1) is 16.2 Å². The van der Waals surface area contributed by atoms with E-state index in [0.29, 0.717) is 17.1 Å². The summed E-state index contributed by atoms with van der Waals surface area (Å²) in [6.45, 7) is 1.79. The molecule has 3 aromatic rings. The minimum absolute atomic E-state index is 0.0158. The molecule has 2 fully saturated rings. The van der Waals surface area contributed by atoms with Gasteiger partial charge < -0.3 is 37.2 Å². The first-order chi connectivity index (χ1) is 20.1. The van der Waals surface area contributed by atoms with Crippen LogP contribution in [0.25, 0.3) is 11.1 Å². The maximum Gasteiger partial charge on any atom is 0.254 e. The number of primary amides is 1. The summed E-state index contributed by atoms with van der Waals surface area (Å²) in [4.78, 5) is 29.3. The number of pyridine rings is 1. The highest BCUT2D eigenvalue weighted by atomic mass is 16.5. The van der Waals surface area contributed by atoms with Crippen molar-refractivity contribution in [2.45, 2.75) is 44.8 Å². The molecule has 0 radical (unpaired) electrons. The number of ether oxygens (including phenoxy) is 1. The number of amides is 2. The van der Waals surface area contributed by atoms with Crippen LogP contribution in [0.15, 0.2) is 54.0 Å². The first kappa shape index (κ1) is 28.5. The summed E-state index contributed by atoms with van der Waals surface area (Å²) in [5.41, 5.74) is 9.95. The van der Waals surface area contributed by atoms with Crippen molar-refractivity contribution in [3.8, 4) is 17.0 Å². The molecule has 12 heteroatoms. The van der Waals surface area contributed by atoms with E-state index >= 15 is 0 Å². The summed E-state index contributed by atoms with van der Waals surface area (Å²) < 4.78 is 7.80. The summed E-state index contributed by atoms with van der Waals surface area (Å²) in [5, 5.41) is 28.8. The number of aryl methyl sites for hydroxylation is 1. The topological polar surface area (TPSA) is 184 Å². The molecule has 218 valence electrons. The van der Waals surface area contributed by atoms with Crippen molar-refractivity contribution in [3.63, 3.8) is 0 Å². The number of aromatic nitrogens is 3. The van der Waals surface area contributed by atoms with Crippen molar-refractivity contribution in [1.29, 1.82) is 10.8 Å². The fraction of sp³-hybridized carbons (Fsp3) is 0.333. The van der Waals surface area contributed by atoms with Gasteiger partial charge in [-0.15, -0.1) is 0 Å². The lowest BCUT2D eigenvalue weighted by atomic mass is 9.53. The van der Waals surface area contributed by atoms with E-state index in [1.807, 2.05) is 37.5 Å². The van der Waals surface area contributed by atoms with E-state index in [9.17, 15) is 9.59 Å². The van der Waals surface area contributed by atoms with Crippen LogP contribution in [0.3, 0.4) is 0 Å². The van der Waals surface area contributed by atoms with Gasteiger partial charge in [-0.25, -0.2) is 0 Å². The van der Waals surface area contributed by atoms with Gasteiger partial charge in [-0.05, 0) is 61.8 Å². The molecule has 0 unspecified atom stereocenters. The monoisotopic (exact) mass is 569 g/mol. The molecule has 2 heterocycles. The van der Waals surface area contributed by atoms with Crippen molar-refractivity contribution in [1.82, 2.24) is 20.1 Å². The molecule has 1 aromatic carbocycles. The van der Waals surface area contributed by atoms with Crippen LogP contribution < -0.4 is 26.4 Å². The first-order valence-electron chi connectivity index (χ1n) is 13.7. The number of nitrogens with zero attached hydrogens (tertiary/aromatic N) is 3. The van der Waals surface area contributed by atoms with Gasteiger partial charge in [0, 0.05) is 61.3 Å². The third kappa shape index (κ3) is 5.73. The van der Waals surface area contributed by atoms with Crippen LogP contribution in [0.4, 0.5) is 11.5 Å². The molecule has 2 aliphatic carbocycles. The number of rotatable bonds is 11. The fourth-order valence-corrected chi connectivity index (χ4v) is 5.86. The average Bonchev–Trinajstić information content (AvgIpc) is 3.37. The lowest BCUT2D eigenvalue weighted by Crippen LogP contribution is -2.59. The predicted molar refractivity (Wildman–Crippen MR) is 161 cm³/mol. The van der Waals surface area contributed by atoms with Gasteiger partial charge in [0.25, 0.3) is 11.8 Å². The Labute approximate surface area is 243 Å². The highest BCUT2D eigenvalue weighted by Gasteiger charge is 2.54. The number of nitrogens with one attached hydrogen (secondary N) is 5. The molecule has 1 spiro atoms. The second-order valence-corrected chi connectivity index (χ2v) is 11.1. The second-order valence-electron chi connectivity index (χ2n) is 11.1. The number of carbonyl (C=O) groups is 2. The summed E-state index contributed by atoms with van der Waals surface area (Å²) in [6.07, 6.45) is 9.02. The quantitative estimate of drug-likeness (QED) is 0.151. The molecule has 0 bridgehead atoms. The standard InChI is InChI=1S/C30H35N9O3/c1-17(36-21-6-4-18(5-7-21)20-15-35-39(3)16-20)25(14-32)28(41)37-22-9-30(10-22)11-23(12-30)42-29-24(26(33)40)8-19(13-31)27(34-2)38-29/h4-8,13-16,22-23,31-32,36H,9-12H2,1-3H3,(H2,33,40)(H,34,38)(H,37,41)/b25-17+,31-13?,32-14?/t22-,23-,30?. The van der Waals surface area contributed by atoms with Crippen LogP contribution in [0.5, 0.6) is 5.88 Å². The maximum absolute atomic E-state index is 13.0. The summed E-state index contributed by atoms with van der Waals surface area (Å²) in [5.74, 6) is -0.343. The van der Waals surface area contributed by atoms with E-state index in [1.165, 1.54) is 6.07 Å². The average molecular weight is 570 g/mol. The third-order valence-corrected chi connectivity index (χ3v) is 8.02. The normalized spacial score (nSPS) is 21.3. The number of benzene rings is 1. The van der Waals surface area contributed by atoms with Crippen molar-refractivity contribution in [2.75, 3.05) is 17.7 Å². The van der Waals surface area contributed by atoms with E-state index in [4.69, 9.17) is 21.3 Å². The van der Waals surface area contributed by atoms with Gasteiger partial charge in [-0.2, -0.15) is 10.1 Å². The molecule has 0 aliphatic heterocycles. The minimum atomic E-state index is -0.662. The zero-order chi connectivity index (χ0) is 30.0. The van der Waals surface area contributed by atoms with E-state index in [-0.39, 0.29) is 40.5 Å². The molecule has 0 saturated heterocycles. The Kier molecular flexibility index (Phi) is 7.79. The highest BCUT2D eigenvalue weighted by molar-refractivity contribution is 6.12. The van der Waals surface area contributed by atoms with Crippen molar-refractivity contribution < 1.29 is 14.3 Å². The van der Waals surface area contributed by atoms with Crippen LogP contribution in [0.2, 0.25) is 0 Å². The Morgan fingerprint density at radius 3 is 2.43 bits per heavy atom. The van der Waals surface area contributed by atoms with E-state index in [2.05, 4.69) is 26.0 Å². The Morgan fingerprint density at radius 1 is 1.14 bits per heavy atom. The number of carbonyl (C=O) groups excluding carboxylic acids is 2. The zero-order valence-electron chi connectivity index (χ0n) is 23.8. The number of nitrogens with two attached hydrogens (primary N) is 1. The molecule has 7 N–H and O–H groups in total. The summed E-state index contributed by atoms with van der Waals surface area (Å²) in [7, 11) is 3.56. The molecule has 0 atom stereocenters. The van der Waals surface area contributed by atoms with E-state index in [0.717, 1.165) is 54.9 Å². The Hall–Kier alpha value is -5.00. The van der Waals surface area contributed by atoms with Crippen LogP contribution in [-0.2, 0) is 11.8 Å². The van der Waals surface area contributed by atoms with Crippen LogP contribution in [0.1, 0.15) is 48.5 Å². The molecule has 2 aliphatic rings. The molecule has 12 nitrogen and oxygen atoms in total. The molecule has 2 aromatic heterocycles. The first-order valence-corrected chi connectivity index (χ1v) is 13.7. The Bertz CT molecular complexity index is 1560. The van der Waals surface area contributed by atoms with Crippen molar-refractivity contribution >= 4 is 35.7 Å². The Balaban J connectivity index is 1.14. The van der Waals surface area contributed by atoms with Gasteiger partial charge in [0.05, 0.1) is 11.8 Å². The second kappa shape index (κ2) is 11.5. The summed E-state index contributed by atoms with van der Waals surface area (Å²) >= 11 is 0. The van der Waals surface area contributed by atoms with Gasteiger partial charge in [-0.1, -0.05) is 12.1 Å². The van der Waals surface area contributed by atoms with Gasteiger partial charge in [0.2, 0.25) is 5.88 Å². The lowest BCUT2D eigenvalue weighted by molar-refractivity contribution is -0.123. The lowest BCUT2D eigenvalue weighted by Gasteiger charge is -2.57. The van der Waals surface area contributed by atoms with Gasteiger partial charge in [-0.3, -0.25) is 14.3 Å². The largest absolute Gasteiger partial charge is 0.474 e. The van der Waals surface area contributed by atoms with Crippen LogP contribution >= 0.6 is 0 Å². The van der Waals surface area contributed by atoms with Crippen LogP contribution in [-0.4, -0.2) is 58.2 Å². The van der Waals surface area contributed by atoms with Gasteiger partial charge in [0.15, 0.2) is 0 Å². The van der Waals surface area contributed by atoms with Gasteiger partial charge >= 0.3 is 0 Å². The zero-order valence-corrected chi connectivity index (χ0v) is 23.8. The van der Waals surface area contributed by atoms with Crippen molar-refractivity contribution in [2.24, 2.45) is 18.2 Å². The smallest absolute Gasteiger partial charge is 0.254 e.